The molecule has 0 amide bonds. The number of hydrogen-bond donors (Lipinski definition) is 1. The van der Waals surface area contributed by atoms with E-state index in [0.717, 1.165) is 31.9 Å². The first-order valence-corrected chi connectivity index (χ1v) is 8.18. The van der Waals surface area contributed by atoms with Gasteiger partial charge in [-0.1, -0.05) is 18.5 Å². The number of hydrogen-bond acceptors (Lipinski definition) is 4. The molecule has 0 radical (unpaired) electrons. The van der Waals surface area contributed by atoms with Crippen LogP contribution >= 0.6 is 11.6 Å². The predicted molar refractivity (Wildman–Crippen MR) is 84.2 cm³/mol. The number of benzene rings is 1. The largest absolute Gasteiger partial charge is 0.454 e. The summed E-state index contributed by atoms with van der Waals surface area (Å²) in [6.45, 7) is 6.79. The smallest absolute Gasteiger partial charge is 0.231 e. The highest BCUT2D eigenvalue weighted by Gasteiger charge is 2.23. The summed E-state index contributed by atoms with van der Waals surface area (Å²) in [6.07, 6.45) is 3.61. The Kier molecular flexibility index (Phi) is 4.88. The van der Waals surface area contributed by atoms with E-state index in [4.69, 9.17) is 21.1 Å². The lowest BCUT2D eigenvalue weighted by Crippen LogP contribution is -2.43. The van der Waals surface area contributed by atoms with Crippen molar-refractivity contribution in [3.8, 4) is 11.5 Å². The lowest BCUT2D eigenvalue weighted by Gasteiger charge is -2.34. The van der Waals surface area contributed by atoms with Crippen molar-refractivity contribution in [3.63, 3.8) is 0 Å². The first kappa shape index (κ1) is 14.9. The monoisotopic (exact) mass is 310 g/mol. The molecule has 2 aliphatic rings. The third-order valence-corrected chi connectivity index (χ3v) is 4.49. The van der Waals surface area contributed by atoms with E-state index in [1.54, 1.807) is 0 Å². The quantitative estimate of drug-likeness (QED) is 0.906. The summed E-state index contributed by atoms with van der Waals surface area (Å²) in [5.74, 6) is 1.46. The van der Waals surface area contributed by atoms with Gasteiger partial charge in [-0.2, -0.15) is 0 Å². The number of fused-ring (bicyclic) bond motifs is 1. The molecule has 1 aromatic carbocycles. The third kappa shape index (κ3) is 3.44. The van der Waals surface area contributed by atoms with Crippen LogP contribution in [0.2, 0.25) is 5.02 Å². The second kappa shape index (κ2) is 6.86. The van der Waals surface area contributed by atoms with Crippen LogP contribution in [0.25, 0.3) is 0 Å². The van der Waals surface area contributed by atoms with Crippen molar-refractivity contribution in [2.75, 3.05) is 26.4 Å². The Morgan fingerprint density at radius 3 is 2.86 bits per heavy atom. The van der Waals surface area contributed by atoms with E-state index in [1.165, 1.54) is 24.8 Å². The topological polar surface area (TPSA) is 33.7 Å². The van der Waals surface area contributed by atoms with Gasteiger partial charge < -0.3 is 14.8 Å². The molecule has 116 valence electrons. The third-order valence-electron chi connectivity index (χ3n) is 4.21. The number of piperidine rings is 1. The summed E-state index contributed by atoms with van der Waals surface area (Å²) in [5.41, 5.74) is 1.20. The van der Waals surface area contributed by atoms with E-state index in [9.17, 15) is 0 Å². The lowest BCUT2D eigenvalue weighted by molar-refractivity contribution is 0.154. The zero-order valence-electron chi connectivity index (χ0n) is 12.5. The van der Waals surface area contributed by atoms with Crippen molar-refractivity contribution in [3.05, 3.63) is 22.7 Å². The maximum Gasteiger partial charge on any atom is 0.231 e. The summed E-state index contributed by atoms with van der Waals surface area (Å²) in [6, 6.07) is 4.74. The highest BCUT2D eigenvalue weighted by Crippen LogP contribution is 2.40. The fourth-order valence-electron chi connectivity index (χ4n) is 3.20. The van der Waals surface area contributed by atoms with Crippen LogP contribution in [0.3, 0.4) is 0 Å². The first-order valence-electron chi connectivity index (χ1n) is 7.80. The molecule has 1 saturated heterocycles. The molecule has 4 nitrogen and oxygen atoms in total. The van der Waals surface area contributed by atoms with Gasteiger partial charge in [0.05, 0.1) is 5.02 Å². The molecule has 5 heteroatoms. The Balaban J connectivity index is 1.74. The molecule has 21 heavy (non-hydrogen) atoms. The zero-order valence-corrected chi connectivity index (χ0v) is 13.3. The second-order valence-electron chi connectivity index (χ2n) is 5.76. The molecule has 1 fully saturated rings. The van der Waals surface area contributed by atoms with E-state index < -0.39 is 0 Å². The molecule has 0 atom stereocenters. The van der Waals surface area contributed by atoms with E-state index >= 15 is 0 Å². The van der Waals surface area contributed by atoms with E-state index in [1.807, 2.05) is 6.07 Å². The van der Waals surface area contributed by atoms with E-state index in [2.05, 4.69) is 23.2 Å². The van der Waals surface area contributed by atoms with Crippen molar-refractivity contribution in [1.82, 2.24) is 10.2 Å². The molecule has 0 aromatic heterocycles. The van der Waals surface area contributed by atoms with E-state index in [-0.39, 0.29) is 6.79 Å². The molecule has 2 heterocycles. The van der Waals surface area contributed by atoms with Gasteiger partial charge >= 0.3 is 0 Å². The molecule has 0 spiro atoms. The highest BCUT2D eigenvalue weighted by molar-refractivity contribution is 6.32. The minimum Gasteiger partial charge on any atom is -0.454 e. The van der Waals surface area contributed by atoms with Crippen LogP contribution in [0.15, 0.2) is 12.1 Å². The highest BCUT2D eigenvalue weighted by atomic mass is 35.5. The number of nitrogens with zero attached hydrogens (tertiary/aromatic N) is 1. The molecular formula is C16H23ClN2O2. The molecular weight excluding hydrogens is 288 g/mol. The Hall–Kier alpha value is -0.970. The molecule has 0 saturated carbocycles. The maximum atomic E-state index is 6.29. The molecule has 1 N–H and O–H groups in total. The number of nitrogens with one attached hydrogen (secondary N) is 1. The van der Waals surface area contributed by atoms with Crippen molar-refractivity contribution in [1.29, 1.82) is 0 Å². The Bertz CT molecular complexity index is 489. The lowest BCUT2D eigenvalue weighted by atomic mass is 10.0. The Morgan fingerprint density at radius 1 is 1.29 bits per heavy atom. The van der Waals surface area contributed by atoms with Gasteiger partial charge in [0.25, 0.3) is 0 Å². The van der Waals surface area contributed by atoms with Gasteiger partial charge in [0.15, 0.2) is 11.5 Å². The summed E-state index contributed by atoms with van der Waals surface area (Å²) >= 11 is 6.29. The molecule has 1 aromatic rings. The van der Waals surface area contributed by atoms with Crippen LogP contribution in [0, 0.1) is 0 Å². The van der Waals surface area contributed by atoms with Gasteiger partial charge in [0.1, 0.15) is 0 Å². The standard InChI is InChI=1S/C16H23ClN2O2/c1-2-7-19(13-3-5-18-6-4-13)10-12-8-14(17)16-15(9-12)20-11-21-16/h8-9,13,18H,2-7,10-11H2,1H3. The Labute approximate surface area is 131 Å². The van der Waals surface area contributed by atoms with Crippen LogP contribution in [-0.2, 0) is 6.54 Å². The van der Waals surface area contributed by atoms with Gasteiger partial charge in [0, 0.05) is 12.6 Å². The van der Waals surface area contributed by atoms with Crippen LogP contribution in [0.1, 0.15) is 31.7 Å². The fourth-order valence-corrected chi connectivity index (χ4v) is 3.48. The SMILES string of the molecule is CCCN(Cc1cc(Cl)c2c(c1)OCO2)C1CCNCC1. The average molecular weight is 311 g/mol. The van der Waals surface area contributed by atoms with Crippen LogP contribution in [0.4, 0.5) is 0 Å². The second-order valence-corrected chi connectivity index (χ2v) is 6.17. The summed E-state index contributed by atoms with van der Waals surface area (Å²) in [5, 5.41) is 4.09. The summed E-state index contributed by atoms with van der Waals surface area (Å²) in [4.78, 5) is 2.58. The first-order chi connectivity index (χ1) is 10.3. The minimum absolute atomic E-state index is 0.269. The molecule has 0 unspecified atom stereocenters. The number of ether oxygens (including phenoxy) is 2. The van der Waals surface area contributed by atoms with Crippen molar-refractivity contribution in [2.45, 2.75) is 38.8 Å². The number of halogens is 1. The fraction of sp³-hybridized carbons (Fsp3) is 0.625. The summed E-state index contributed by atoms with van der Waals surface area (Å²) < 4.78 is 10.8. The molecule has 0 bridgehead atoms. The number of rotatable bonds is 5. The molecule has 0 aliphatic carbocycles. The molecule has 2 aliphatic heterocycles. The van der Waals surface area contributed by atoms with Gasteiger partial charge in [-0.25, -0.2) is 0 Å². The van der Waals surface area contributed by atoms with Crippen LogP contribution in [-0.4, -0.2) is 37.4 Å². The van der Waals surface area contributed by atoms with Gasteiger partial charge in [0.2, 0.25) is 6.79 Å². The Morgan fingerprint density at radius 2 is 2.10 bits per heavy atom. The normalized spacial score (nSPS) is 18.4. The van der Waals surface area contributed by atoms with Gasteiger partial charge in [-0.3, -0.25) is 4.90 Å². The average Bonchev–Trinajstić information content (AvgIpc) is 2.97. The van der Waals surface area contributed by atoms with E-state index in [0.29, 0.717) is 16.8 Å². The van der Waals surface area contributed by atoms with Crippen LogP contribution < -0.4 is 14.8 Å². The predicted octanol–water partition coefficient (Wildman–Crippen LogP) is 3.03. The zero-order chi connectivity index (χ0) is 14.7. The molecule has 3 rings (SSSR count). The van der Waals surface area contributed by atoms with Crippen molar-refractivity contribution < 1.29 is 9.47 Å². The van der Waals surface area contributed by atoms with Crippen molar-refractivity contribution >= 4 is 11.6 Å². The van der Waals surface area contributed by atoms with Gasteiger partial charge in [-0.05, 0) is 56.6 Å². The van der Waals surface area contributed by atoms with Crippen LogP contribution in [0.5, 0.6) is 11.5 Å². The minimum atomic E-state index is 0.269. The summed E-state index contributed by atoms with van der Waals surface area (Å²) in [7, 11) is 0. The van der Waals surface area contributed by atoms with Gasteiger partial charge in [-0.15, -0.1) is 0 Å². The van der Waals surface area contributed by atoms with Crippen molar-refractivity contribution in [2.24, 2.45) is 0 Å². The maximum absolute atomic E-state index is 6.29.